The topological polar surface area (TPSA) is 81.9 Å². The second kappa shape index (κ2) is 9.64. The van der Waals surface area contributed by atoms with E-state index in [0.29, 0.717) is 31.4 Å². The molecule has 0 radical (unpaired) electrons. The van der Waals surface area contributed by atoms with Gasteiger partial charge in [0.1, 0.15) is 10.3 Å². The molecular weight excluding hydrogens is 462 g/mol. The first kappa shape index (κ1) is 22.8. The van der Waals surface area contributed by atoms with Crippen LogP contribution < -0.4 is 24.9 Å². The van der Waals surface area contributed by atoms with Gasteiger partial charge in [0.15, 0.2) is 4.80 Å². The number of esters is 1. The molecule has 0 spiro atoms. The van der Waals surface area contributed by atoms with Gasteiger partial charge in [-0.2, -0.15) is 0 Å². The Hall–Kier alpha value is -3.36. The zero-order valence-corrected chi connectivity index (χ0v) is 19.9. The number of methoxy groups -OCH3 is 1. The Bertz CT molecular complexity index is 1410. The summed E-state index contributed by atoms with van der Waals surface area (Å²) in [5.41, 5.74) is 2.04. The van der Waals surface area contributed by atoms with Gasteiger partial charge < -0.3 is 14.8 Å². The van der Waals surface area contributed by atoms with Gasteiger partial charge in [-0.25, -0.2) is 9.79 Å². The van der Waals surface area contributed by atoms with Crippen LogP contribution in [0.25, 0.3) is 6.20 Å². The van der Waals surface area contributed by atoms with Gasteiger partial charge in [-0.05, 0) is 43.7 Å². The Labute approximate surface area is 199 Å². The zero-order chi connectivity index (χ0) is 23.5. The van der Waals surface area contributed by atoms with Gasteiger partial charge >= 0.3 is 5.97 Å². The lowest BCUT2D eigenvalue weighted by Crippen LogP contribution is -2.40. The maximum Gasteiger partial charge on any atom is 0.338 e. The molecule has 0 amide bonds. The van der Waals surface area contributed by atoms with Crippen molar-refractivity contribution in [2.75, 3.05) is 19.0 Å². The third-order valence-corrected chi connectivity index (χ3v) is 6.40. The molecule has 0 aliphatic carbocycles. The lowest BCUT2D eigenvalue weighted by molar-refractivity contribution is -0.139. The number of ether oxygens (including phenoxy) is 2. The van der Waals surface area contributed by atoms with Crippen molar-refractivity contribution in [3.63, 3.8) is 0 Å². The third-order valence-electron chi connectivity index (χ3n) is 5.17. The number of rotatable bonds is 6. The number of hydrogen-bond acceptors (Lipinski definition) is 7. The number of carbonyl (C=O) groups is 1. The molecule has 1 atom stereocenters. The van der Waals surface area contributed by atoms with E-state index in [0.717, 1.165) is 11.3 Å². The molecule has 0 unspecified atom stereocenters. The molecule has 0 saturated heterocycles. The quantitative estimate of drug-likeness (QED) is 0.543. The van der Waals surface area contributed by atoms with E-state index >= 15 is 0 Å². The number of allylic oxidation sites excluding steroid dienone is 1. The van der Waals surface area contributed by atoms with Gasteiger partial charge in [0.2, 0.25) is 0 Å². The van der Waals surface area contributed by atoms with E-state index in [1.807, 2.05) is 24.3 Å². The molecule has 0 bridgehead atoms. The van der Waals surface area contributed by atoms with Crippen LogP contribution >= 0.6 is 22.9 Å². The number of nitrogens with zero attached hydrogens (tertiary/aromatic N) is 2. The molecular formula is C24H22ClN3O4S. The van der Waals surface area contributed by atoms with Crippen molar-refractivity contribution in [2.24, 2.45) is 4.99 Å². The van der Waals surface area contributed by atoms with Crippen molar-refractivity contribution in [3.8, 4) is 5.75 Å². The number of aromatic nitrogens is 1. The highest BCUT2D eigenvalue weighted by molar-refractivity contribution is 7.07. The van der Waals surface area contributed by atoms with Gasteiger partial charge in [-0.15, -0.1) is 0 Å². The summed E-state index contributed by atoms with van der Waals surface area (Å²) in [5, 5.41) is 3.70. The summed E-state index contributed by atoms with van der Waals surface area (Å²) >= 11 is 7.32. The van der Waals surface area contributed by atoms with Crippen LogP contribution in [0.2, 0.25) is 5.02 Å². The van der Waals surface area contributed by atoms with Crippen molar-refractivity contribution >= 4 is 40.8 Å². The minimum absolute atomic E-state index is 0.218. The number of halogens is 1. The van der Waals surface area contributed by atoms with Gasteiger partial charge in [-0.3, -0.25) is 9.36 Å². The fraction of sp³-hybridized carbons (Fsp3) is 0.208. The first-order chi connectivity index (χ1) is 15.9. The molecule has 0 saturated carbocycles. The van der Waals surface area contributed by atoms with Crippen LogP contribution in [0.15, 0.2) is 69.6 Å². The van der Waals surface area contributed by atoms with Crippen LogP contribution in [0, 0.1) is 0 Å². The normalized spacial score (nSPS) is 15.6. The Balaban J connectivity index is 1.86. The van der Waals surface area contributed by atoms with Gasteiger partial charge in [0, 0.05) is 11.2 Å². The summed E-state index contributed by atoms with van der Waals surface area (Å²) in [7, 11) is 1.58. The zero-order valence-electron chi connectivity index (χ0n) is 18.3. The fourth-order valence-corrected chi connectivity index (χ4v) is 4.75. The minimum atomic E-state index is -0.675. The number of hydrogen-bond donors (Lipinski definition) is 1. The average molecular weight is 484 g/mol. The van der Waals surface area contributed by atoms with Crippen LogP contribution in [0.4, 0.5) is 5.69 Å². The molecule has 2 heterocycles. The third kappa shape index (κ3) is 4.44. The number of anilines is 1. The lowest BCUT2D eigenvalue weighted by atomic mass is 9.96. The van der Waals surface area contributed by atoms with Crippen molar-refractivity contribution in [1.82, 2.24) is 4.57 Å². The number of fused-ring (bicyclic) bond motifs is 1. The lowest BCUT2D eigenvalue weighted by Gasteiger charge is -2.24. The molecule has 33 heavy (non-hydrogen) atoms. The Morgan fingerprint density at radius 1 is 1.24 bits per heavy atom. The summed E-state index contributed by atoms with van der Waals surface area (Å²) in [6.45, 7) is 3.71. The molecule has 4 rings (SSSR count). The van der Waals surface area contributed by atoms with Crippen molar-refractivity contribution in [1.29, 1.82) is 0 Å². The standard InChI is InChI=1S/C24H22ClN3O4S/c1-4-32-23(30)20-14(2)27-24-28(21(20)15-9-11-16(25)12-10-15)22(29)19(33-24)13-26-17-7-5-6-8-18(17)31-3/h5-13,21,26H,4H2,1-3H3/b19-13-/t21-/m1/s1. The van der Waals surface area contributed by atoms with Gasteiger partial charge in [0.25, 0.3) is 5.56 Å². The maximum absolute atomic E-state index is 13.5. The van der Waals surface area contributed by atoms with E-state index in [1.165, 1.54) is 15.9 Å². The fourth-order valence-electron chi connectivity index (χ4n) is 3.66. The molecule has 1 aromatic heterocycles. The van der Waals surface area contributed by atoms with Crippen LogP contribution in [-0.2, 0) is 9.53 Å². The van der Waals surface area contributed by atoms with Gasteiger partial charge in [0.05, 0.1) is 36.7 Å². The minimum Gasteiger partial charge on any atom is -0.495 e. The van der Waals surface area contributed by atoms with E-state index < -0.39 is 12.0 Å². The first-order valence-electron chi connectivity index (χ1n) is 10.3. The Morgan fingerprint density at radius 2 is 1.97 bits per heavy atom. The first-order valence-corrected chi connectivity index (χ1v) is 11.5. The molecule has 1 aliphatic heterocycles. The van der Waals surface area contributed by atoms with E-state index in [2.05, 4.69) is 10.3 Å². The SMILES string of the molecule is CCOC(=O)C1=C(C)N=c2s/c(=C\Nc3ccccc3OC)c(=O)n2[C@@H]1c1ccc(Cl)cc1. The summed E-state index contributed by atoms with van der Waals surface area (Å²) in [5.74, 6) is 0.154. The largest absolute Gasteiger partial charge is 0.495 e. The van der Waals surface area contributed by atoms with Gasteiger partial charge in [-0.1, -0.05) is 47.2 Å². The molecule has 9 heteroatoms. The highest BCUT2D eigenvalue weighted by atomic mass is 35.5. The summed E-state index contributed by atoms with van der Waals surface area (Å²) < 4.78 is 12.6. The smallest absolute Gasteiger partial charge is 0.338 e. The van der Waals surface area contributed by atoms with Crippen LogP contribution in [0.5, 0.6) is 5.75 Å². The number of para-hydroxylation sites is 2. The van der Waals surface area contributed by atoms with E-state index in [9.17, 15) is 9.59 Å². The predicted octanol–water partition coefficient (Wildman–Crippen LogP) is 3.48. The molecule has 2 aromatic carbocycles. The molecule has 1 aliphatic rings. The molecule has 7 nitrogen and oxygen atoms in total. The predicted molar refractivity (Wildman–Crippen MR) is 129 cm³/mol. The van der Waals surface area contributed by atoms with Crippen LogP contribution in [0.3, 0.4) is 0 Å². The van der Waals surface area contributed by atoms with Crippen molar-refractivity contribution in [2.45, 2.75) is 19.9 Å². The number of thiazole rings is 1. The summed E-state index contributed by atoms with van der Waals surface area (Å²) in [6.07, 6.45) is 1.63. The van der Waals surface area contributed by atoms with Crippen molar-refractivity contribution < 1.29 is 14.3 Å². The average Bonchev–Trinajstić information content (AvgIpc) is 3.12. The number of nitrogens with one attached hydrogen (secondary N) is 1. The van der Waals surface area contributed by atoms with E-state index in [4.69, 9.17) is 21.1 Å². The highest BCUT2D eigenvalue weighted by Gasteiger charge is 2.33. The van der Waals surface area contributed by atoms with Crippen LogP contribution in [0.1, 0.15) is 25.5 Å². The second-order valence-electron chi connectivity index (χ2n) is 7.20. The second-order valence-corrected chi connectivity index (χ2v) is 8.64. The Kier molecular flexibility index (Phi) is 6.67. The molecule has 3 aromatic rings. The Morgan fingerprint density at radius 3 is 2.67 bits per heavy atom. The summed E-state index contributed by atoms with van der Waals surface area (Å²) in [6, 6.07) is 13.8. The summed E-state index contributed by atoms with van der Waals surface area (Å²) in [4.78, 5) is 31.4. The van der Waals surface area contributed by atoms with E-state index in [-0.39, 0.29) is 12.2 Å². The molecule has 0 fully saturated rings. The number of benzene rings is 2. The maximum atomic E-state index is 13.5. The monoisotopic (exact) mass is 483 g/mol. The molecule has 1 N–H and O–H groups in total. The highest BCUT2D eigenvalue weighted by Crippen LogP contribution is 2.31. The molecule has 170 valence electrons. The van der Waals surface area contributed by atoms with E-state index in [1.54, 1.807) is 51.4 Å². The van der Waals surface area contributed by atoms with Crippen molar-refractivity contribution in [3.05, 3.63) is 90.1 Å². The number of carbonyl (C=O) groups excluding carboxylic acids is 1. The van der Waals surface area contributed by atoms with Crippen LogP contribution in [-0.4, -0.2) is 24.3 Å².